The molecule has 0 bridgehead atoms. The lowest BCUT2D eigenvalue weighted by atomic mass is 9.91. The zero-order valence-electron chi connectivity index (χ0n) is 14.8. The van der Waals surface area contributed by atoms with Gasteiger partial charge in [-0.15, -0.1) is 0 Å². The summed E-state index contributed by atoms with van der Waals surface area (Å²) in [6, 6.07) is 6.99. The number of likely N-dealkylation sites (tertiary alicyclic amines) is 1. The molecule has 0 unspecified atom stereocenters. The van der Waals surface area contributed by atoms with Crippen LogP contribution >= 0.6 is 0 Å². The van der Waals surface area contributed by atoms with E-state index in [1.807, 2.05) is 0 Å². The fourth-order valence-corrected chi connectivity index (χ4v) is 3.49. The van der Waals surface area contributed by atoms with Crippen LogP contribution in [0.1, 0.15) is 24.0 Å². The summed E-state index contributed by atoms with van der Waals surface area (Å²) in [6.07, 6.45) is 0.617. The molecule has 0 radical (unpaired) electrons. The molecule has 1 aromatic carbocycles. The number of amides is 2. The molecular weight excluding hydrogens is 352 g/mol. The molecule has 27 heavy (non-hydrogen) atoms. The quantitative estimate of drug-likeness (QED) is 0.504. The lowest BCUT2D eigenvalue weighted by molar-refractivity contribution is -0.137. The molecule has 144 valence electrons. The predicted molar refractivity (Wildman–Crippen MR) is 95.4 cm³/mol. The molecule has 9 heteroatoms. The van der Waals surface area contributed by atoms with E-state index in [-0.39, 0.29) is 31.3 Å². The van der Waals surface area contributed by atoms with Crippen molar-refractivity contribution in [3.8, 4) is 0 Å². The summed E-state index contributed by atoms with van der Waals surface area (Å²) in [6.45, 7) is 0.781. The first-order valence-corrected chi connectivity index (χ1v) is 8.69. The van der Waals surface area contributed by atoms with Crippen LogP contribution in [0.3, 0.4) is 0 Å². The Labute approximate surface area is 156 Å². The standard InChI is InChI=1S/C18H22N4O5/c19-16(20)13-3-1-12(2-4-13)9-14(23)21-7-5-18(6-8-21)11-22(10-15(24)25)17(26)27-18/h1-4H,5-11H2,(H3,19,20)(H,24,25). The lowest BCUT2D eigenvalue weighted by Gasteiger charge is -2.37. The predicted octanol–water partition coefficient (Wildman–Crippen LogP) is 0.411. The van der Waals surface area contributed by atoms with Gasteiger partial charge < -0.3 is 20.5 Å². The first-order valence-electron chi connectivity index (χ1n) is 8.69. The van der Waals surface area contributed by atoms with Crippen molar-refractivity contribution >= 4 is 23.8 Å². The maximum Gasteiger partial charge on any atom is 0.411 e. The minimum Gasteiger partial charge on any atom is -0.480 e. The Bertz CT molecular complexity index is 768. The number of nitrogens with one attached hydrogen (secondary N) is 1. The zero-order valence-corrected chi connectivity index (χ0v) is 14.8. The Hall–Kier alpha value is -3.10. The number of amidine groups is 1. The van der Waals surface area contributed by atoms with Gasteiger partial charge in [0.15, 0.2) is 0 Å². The Morgan fingerprint density at radius 2 is 1.85 bits per heavy atom. The van der Waals surface area contributed by atoms with E-state index in [0.29, 0.717) is 31.5 Å². The van der Waals surface area contributed by atoms with Crippen LogP contribution in [0.5, 0.6) is 0 Å². The highest BCUT2D eigenvalue weighted by molar-refractivity contribution is 5.95. The van der Waals surface area contributed by atoms with Crippen LogP contribution in [0, 0.1) is 5.41 Å². The van der Waals surface area contributed by atoms with E-state index >= 15 is 0 Å². The van der Waals surface area contributed by atoms with Gasteiger partial charge in [0, 0.05) is 31.5 Å². The van der Waals surface area contributed by atoms with Gasteiger partial charge in [0.1, 0.15) is 18.0 Å². The van der Waals surface area contributed by atoms with E-state index in [0.717, 1.165) is 5.56 Å². The maximum atomic E-state index is 12.5. The minimum absolute atomic E-state index is 0.0164. The van der Waals surface area contributed by atoms with Crippen LogP contribution in [0.4, 0.5) is 4.79 Å². The van der Waals surface area contributed by atoms with Crippen molar-refractivity contribution in [2.24, 2.45) is 5.73 Å². The summed E-state index contributed by atoms with van der Waals surface area (Å²) in [5.74, 6) is -1.11. The number of carboxylic acid groups (broad SMARTS) is 1. The highest BCUT2D eigenvalue weighted by atomic mass is 16.6. The van der Waals surface area contributed by atoms with Crippen molar-refractivity contribution in [1.29, 1.82) is 5.41 Å². The molecule has 9 nitrogen and oxygen atoms in total. The number of ether oxygens (including phenoxy) is 1. The summed E-state index contributed by atoms with van der Waals surface area (Å²) in [4.78, 5) is 38.1. The molecule has 2 aliphatic heterocycles. The number of hydrogen-bond donors (Lipinski definition) is 3. The van der Waals surface area contributed by atoms with Gasteiger partial charge in [-0.05, 0) is 5.56 Å². The van der Waals surface area contributed by atoms with Gasteiger partial charge in [0.25, 0.3) is 0 Å². The molecule has 3 rings (SSSR count). The summed E-state index contributed by atoms with van der Waals surface area (Å²) in [5.41, 5.74) is 6.17. The van der Waals surface area contributed by atoms with Crippen LogP contribution < -0.4 is 5.73 Å². The number of aliphatic carboxylic acids is 1. The van der Waals surface area contributed by atoms with E-state index in [1.54, 1.807) is 29.2 Å². The van der Waals surface area contributed by atoms with Crippen LogP contribution in [0.2, 0.25) is 0 Å². The van der Waals surface area contributed by atoms with Gasteiger partial charge in [-0.25, -0.2) is 4.79 Å². The summed E-state index contributed by atoms with van der Waals surface area (Å²) in [5, 5.41) is 16.2. The molecule has 0 atom stereocenters. The normalized spacial score (nSPS) is 18.4. The molecule has 0 aliphatic carbocycles. The van der Waals surface area contributed by atoms with E-state index < -0.39 is 17.7 Å². The smallest absolute Gasteiger partial charge is 0.411 e. The molecule has 1 spiro atoms. The molecule has 2 aliphatic rings. The largest absolute Gasteiger partial charge is 0.480 e. The van der Waals surface area contributed by atoms with Gasteiger partial charge in [-0.1, -0.05) is 24.3 Å². The Morgan fingerprint density at radius 1 is 1.22 bits per heavy atom. The topological polar surface area (TPSA) is 137 Å². The first-order chi connectivity index (χ1) is 12.8. The summed E-state index contributed by atoms with van der Waals surface area (Å²) in [7, 11) is 0. The third-order valence-electron chi connectivity index (χ3n) is 5.01. The molecule has 2 amide bonds. The minimum atomic E-state index is -1.08. The Kier molecular flexibility index (Phi) is 5.02. The third kappa shape index (κ3) is 4.18. The average molecular weight is 374 g/mol. The molecule has 2 heterocycles. The first kappa shape index (κ1) is 18.7. The van der Waals surface area contributed by atoms with Crippen LogP contribution in [0.15, 0.2) is 24.3 Å². The second-order valence-corrected chi connectivity index (χ2v) is 6.97. The Morgan fingerprint density at radius 3 is 2.41 bits per heavy atom. The number of carboxylic acids is 1. The molecular formula is C18H22N4O5. The second-order valence-electron chi connectivity index (χ2n) is 6.97. The number of carbonyl (C=O) groups is 3. The number of nitrogen functional groups attached to an aromatic ring is 1. The molecule has 0 saturated carbocycles. The third-order valence-corrected chi connectivity index (χ3v) is 5.01. The number of carbonyl (C=O) groups excluding carboxylic acids is 2. The molecule has 2 fully saturated rings. The van der Waals surface area contributed by atoms with Crippen molar-refractivity contribution in [2.45, 2.75) is 24.9 Å². The number of nitrogens with two attached hydrogens (primary N) is 1. The number of hydrogen-bond acceptors (Lipinski definition) is 5. The van der Waals surface area contributed by atoms with Gasteiger partial charge in [-0.3, -0.25) is 19.9 Å². The molecule has 0 aromatic heterocycles. The van der Waals surface area contributed by atoms with E-state index in [2.05, 4.69) is 0 Å². The molecule has 1 aromatic rings. The van der Waals surface area contributed by atoms with E-state index in [4.69, 9.17) is 21.0 Å². The highest BCUT2D eigenvalue weighted by Crippen LogP contribution is 2.33. The lowest BCUT2D eigenvalue weighted by Crippen LogP contribution is -2.49. The number of piperidine rings is 1. The fourth-order valence-electron chi connectivity index (χ4n) is 3.49. The second kappa shape index (κ2) is 7.26. The highest BCUT2D eigenvalue weighted by Gasteiger charge is 2.47. The monoisotopic (exact) mass is 374 g/mol. The molecule has 4 N–H and O–H groups in total. The van der Waals surface area contributed by atoms with Gasteiger partial charge in [-0.2, -0.15) is 0 Å². The summed E-state index contributed by atoms with van der Waals surface area (Å²) < 4.78 is 5.44. The van der Waals surface area contributed by atoms with Crippen molar-refractivity contribution in [2.75, 3.05) is 26.2 Å². The zero-order chi connectivity index (χ0) is 19.6. The SMILES string of the molecule is N=C(N)c1ccc(CC(=O)N2CCC3(CC2)CN(CC(=O)O)C(=O)O3)cc1. The van der Waals surface area contributed by atoms with Crippen molar-refractivity contribution in [3.05, 3.63) is 35.4 Å². The van der Waals surface area contributed by atoms with E-state index in [1.165, 1.54) is 4.90 Å². The van der Waals surface area contributed by atoms with E-state index in [9.17, 15) is 14.4 Å². The van der Waals surface area contributed by atoms with Gasteiger partial charge in [0.05, 0.1) is 13.0 Å². The summed E-state index contributed by atoms with van der Waals surface area (Å²) >= 11 is 0. The Balaban J connectivity index is 1.54. The van der Waals surface area contributed by atoms with Crippen LogP contribution in [-0.2, 0) is 20.7 Å². The number of benzene rings is 1. The van der Waals surface area contributed by atoms with Crippen molar-refractivity contribution in [3.63, 3.8) is 0 Å². The number of nitrogens with zero attached hydrogens (tertiary/aromatic N) is 2. The van der Waals surface area contributed by atoms with Gasteiger partial charge in [0.2, 0.25) is 5.91 Å². The van der Waals surface area contributed by atoms with Crippen molar-refractivity contribution in [1.82, 2.24) is 9.80 Å². The maximum absolute atomic E-state index is 12.5. The average Bonchev–Trinajstić information content (AvgIpc) is 2.90. The fraction of sp³-hybridized carbons (Fsp3) is 0.444. The van der Waals surface area contributed by atoms with Crippen LogP contribution in [-0.4, -0.2) is 70.5 Å². The van der Waals surface area contributed by atoms with Crippen molar-refractivity contribution < 1.29 is 24.2 Å². The van der Waals surface area contributed by atoms with Gasteiger partial charge >= 0.3 is 12.1 Å². The number of rotatable bonds is 5. The van der Waals surface area contributed by atoms with Crippen LogP contribution in [0.25, 0.3) is 0 Å². The molecule has 2 saturated heterocycles.